The van der Waals surface area contributed by atoms with E-state index in [1.807, 2.05) is 6.92 Å². The number of alkyl halides is 3. The minimum atomic E-state index is -4.24. The Morgan fingerprint density at radius 1 is 1.08 bits per heavy atom. The highest BCUT2D eigenvalue weighted by molar-refractivity contribution is 5.49. The molecule has 0 atom stereocenters. The van der Waals surface area contributed by atoms with E-state index in [1.165, 1.54) is 12.1 Å². The Morgan fingerprint density at radius 3 is 2.00 bits per heavy atom. The van der Waals surface area contributed by atoms with Crippen molar-refractivity contribution >= 4 is 6.08 Å². The Balaban J connectivity index is 2.94. The van der Waals surface area contributed by atoms with Crippen LogP contribution >= 0.6 is 0 Å². The lowest BCUT2D eigenvalue weighted by Crippen LogP contribution is -2.03. The molecule has 0 aromatic heterocycles. The summed E-state index contributed by atoms with van der Waals surface area (Å²) in [6.45, 7) is 1.82. The van der Waals surface area contributed by atoms with Crippen LogP contribution in [0.2, 0.25) is 0 Å². The molecule has 3 heteroatoms. The first-order valence-corrected chi connectivity index (χ1v) is 3.84. The van der Waals surface area contributed by atoms with Gasteiger partial charge in [-0.05, 0) is 24.6 Å². The van der Waals surface area contributed by atoms with Crippen LogP contribution < -0.4 is 0 Å². The molecule has 0 amide bonds. The lowest BCUT2D eigenvalue weighted by Gasteiger charge is -2.05. The van der Waals surface area contributed by atoms with E-state index < -0.39 is 11.7 Å². The molecule has 1 rings (SSSR count). The Kier molecular flexibility index (Phi) is 2.76. The van der Waals surface area contributed by atoms with Crippen molar-refractivity contribution in [3.63, 3.8) is 0 Å². The standard InChI is InChI=1S/C10H9F3/c1-2-3-8-4-6-9(7-5-8)10(11,12)13/h2-7H,1H3/b3-2-. The average Bonchev–Trinajstić information content (AvgIpc) is 2.04. The molecule has 0 spiro atoms. The van der Waals surface area contributed by atoms with Crippen molar-refractivity contribution in [3.8, 4) is 0 Å². The first-order chi connectivity index (χ1) is 6.04. The van der Waals surface area contributed by atoms with Crippen molar-refractivity contribution in [3.05, 3.63) is 41.5 Å². The molecule has 0 saturated heterocycles. The zero-order chi connectivity index (χ0) is 9.90. The van der Waals surface area contributed by atoms with E-state index in [1.54, 1.807) is 12.2 Å². The van der Waals surface area contributed by atoms with Gasteiger partial charge in [0.15, 0.2) is 0 Å². The number of allylic oxidation sites excluding steroid dienone is 1. The van der Waals surface area contributed by atoms with Crippen LogP contribution in [0, 0.1) is 0 Å². The zero-order valence-electron chi connectivity index (χ0n) is 7.10. The van der Waals surface area contributed by atoms with Gasteiger partial charge in [0.1, 0.15) is 0 Å². The van der Waals surface area contributed by atoms with Crippen LogP contribution in [0.3, 0.4) is 0 Å². The van der Waals surface area contributed by atoms with E-state index in [4.69, 9.17) is 0 Å². The topological polar surface area (TPSA) is 0 Å². The van der Waals surface area contributed by atoms with E-state index in [0.717, 1.165) is 17.7 Å². The smallest absolute Gasteiger partial charge is 0.166 e. The van der Waals surface area contributed by atoms with Crippen LogP contribution in [0.1, 0.15) is 18.1 Å². The highest BCUT2D eigenvalue weighted by Gasteiger charge is 2.29. The average molecular weight is 186 g/mol. The van der Waals surface area contributed by atoms with Crippen LogP contribution in [0.5, 0.6) is 0 Å². The summed E-state index contributed by atoms with van der Waals surface area (Å²) in [5.74, 6) is 0. The minimum Gasteiger partial charge on any atom is -0.166 e. The van der Waals surface area contributed by atoms with Gasteiger partial charge >= 0.3 is 6.18 Å². The molecule has 1 aromatic rings. The molecular formula is C10H9F3. The molecule has 0 fully saturated rings. The van der Waals surface area contributed by atoms with Gasteiger partial charge in [0.2, 0.25) is 0 Å². The second-order valence-corrected chi connectivity index (χ2v) is 2.62. The predicted octanol–water partition coefficient (Wildman–Crippen LogP) is 3.74. The van der Waals surface area contributed by atoms with Crippen LogP contribution in [-0.2, 0) is 6.18 Å². The van der Waals surface area contributed by atoms with Gasteiger partial charge in [-0.25, -0.2) is 0 Å². The highest BCUT2D eigenvalue weighted by Crippen LogP contribution is 2.29. The van der Waals surface area contributed by atoms with Crippen molar-refractivity contribution in [1.82, 2.24) is 0 Å². The third-order valence-electron chi connectivity index (χ3n) is 1.60. The van der Waals surface area contributed by atoms with Crippen LogP contribution in [-0.4, -0.2) is 0 Å². The normalized spacial score (nSPS) is 12.3. The maximum atomic E-state index is 12.1. The second-order valence-electron chi connectivity index (χ2n) is 2.62. The Bertz CT molecular complexity index is 293. The van der Waals surface area contributed by atoms with E-state index in [9.17, 15) is 13.2 Å². The predicted molar refractivity (Wildman–Crippen MR) is 46.2 cm³/mol. The largest absolute Gasteiger partial charge is 0.416 e. The lowest BCUT2D eigenvalue weighted by molar-refractivity contribution is -0.137. The molecule has 0 nitrogen and oxygen atoms in total. The van der Waals surface area contributed by atoms with Crippen molar-refractivity contribution in [2.45, 2.75) is 13.1 Å². The van der Waals surface area contributed by atoms with Gasteiger partial charge < -0.3 is 0 Å². The highest BCUT2D eigenvalue weighted by atomic mass is 19.4. The molecule has 0 bridgehead atoms. The number of halogens is 3. The Morgan fingerprint density at radius 2 is 1.62 bits per heavy atom. The van der Waals surface area contributed by atoms with Gasteiger partial charge in [-0.3, -0.25) is 0 Å². The molecule has 13 heavy (non-hydrogen) atoms. The molecule has 0 aliphatic carbocycles. The van der Waals surface area contributed by atoms with E-state index in [2.05, 4.69) is 0 Å². The molecular weight excluding hydrogens is 177 g/mol. The minimum absolute atomic E-state index is 0.610. The fraction of sp³-hybridized carbons (Fsp3) is 0.200. The zero-order valence-corrected chi connectivity index (χ0v) is 7.10. The summed E-state index contributed by atoms with van der Waals surface area (Å²) < 4.78 is 36.3. The molecule has 0 saturated carbocycles. The monoisotopic (exact) mass is 186 g/mol. The van der Waals surface area contributed by atoms with Gasteiger partial charge in [0.25, 0.3) is 0 Å². The maximum absolute atomic E-state index is 12.1. The van der Waals surface area contributed by atoms with Gasteiger partial charge in [-0.2, -0.15) is 13.2 Å². The van der Waals surface area contributed by atoms with Crippen molar-refractivity contribution < 1.29 is 13.2 Å². The van der Waals surface area contributed by atoms with Gasteiger partial charge in [-0.15, -0.1) is 0 Å². The Labute approximate surface area is 74.7 Å². The first-order valence-electron chi connectivity index (χ1n) is 3.84. The SMILES string of the molecule is C/C=C\c1ccc(C(F)(F)F)cc1. The van der Waals surface area contributed by atoms with Gasteiger partial charge in [-0.1, -0.05) is 24.3 Å². The molecule has 0 N–H and O–H groups in total. The van der Waals surface area contributed by atoms with Crippen LogP contribution in [0.4, 0.5) is 13.2 Å². The molecule has 0 radical (unpaired) electrons. The Hall–Kier alpha value is -1.25. The van der Waals surface area contributed by atoms with Crippen LogP contribution in [0.15, 0.2) is 30.3 Å². The third kappa shape index (κ3) is 2.61. The molecule has 0 unspecified atom stereocenters. The summed E-state index contributed by atoms with van der Waals surface area (Å²) >= 11 is 0. The molecule has 1 aromatic carbocycles. The summed E-state index contributed by atoms with van der Waals surface area (Å²) in [6, 6.07) is 5.05. The van der Waals surface area contributed by atoms with Crippen molar-refractivity contribution in [1.29, 1.82) is 0 Å². The number of hydrogen-bond acceptors (Lipinski definition) is 0. The lowest BCUT2D eigenvalue weighted by atomic mass is 10.1. The van der Waals surface area contributed by atoms with E-state index in [-0.39, 0.29) is 0 Å². The van der Waals surface area contributed by atoms with Gasteiger partial charge in [0.05, 0.1) is 5.56 Å². The number of rotatable bonds is 1. The second kappa shape index (κ2) is 3.64. The number of hydrogen-bond donors (Lipinski definition) is 0. The van der Waals surface area contributed by atoms with Crippen molar-refractivity contribution in [2.24, 2.45) is 0 Å². The van der Waals surface area contributed by atoms with E-state index >= 15 is 0 Å². The van der Waals surface area contributed by atoms with Crippen LogP contribution in [0.25, 0.3) is 6.08 Å². The molecule has 0 heterocycles. The summed E-state index contributed by atoms with van der Waals surface area (Å²) in [5, 5.41) is 0. The number of benzene rings is 1. The molecule has 0 aliphatic heterocycles. The fourth-order valence-electron chi connectivity index (χ4n) is 0.976. The quantitative estimate of drug-likeness (QED) is 0.626. The summed E-state index contributed by atoms with van der Waals surface area (Å²) in [5.41, 5.74) is 0.163. The van der Waals surface area contributed by atoms with Gasteiger partial charge in [0, 0.05) is 0 Å². The summed E-state index contributed by atoms with van der Waals surface area (Å²) in [6.07, 6.45) is -0.711. The summed E-state index contributed by atoms with van der Waals surface area (Å²) in [4.78, 5) is 0. The summed E-state index contributed by atoms with van der Waals surface area (Å²) in [7, 11) is 0. The third-order valence-corrected chi connectivity index (χ3v) is 1.60. The van der Waals surface area contributed by atoms with Crippen molar-refractivity contribution in [2.75, 3.05) is 0 Å². The molecule has 0 aliphatic rings. The maximum Gasteiger partial charge on any atom is 0.416 e. The fourth-order valence-corrected chi connectivity index (χ4v) is 0.976. The molecule has 70 valence electrons. The first kappa shape index (κ1) is 9.84. The van der Waals surface area contributed by atoms with E-state index in [0.29, 0.717) is 0 Å².